The number of amides is 1. The largest absolute Gasteiger partial charge is 0.481 e. The number of pyridine rings is 1. The zero-order valence-electron chi connectivity index (χ0n) is 13.8. The molecule has 0 radical (unpaired) electrons. The number of benzene rings is 1. The molecule has 5 nitrogen and oxygen atoms in total. The highest BCUT2D eigenvalue weighted by molar-refractivity contribution is 5.97. The van der Waals surface area contributed by atoms with E-state index >= 15 is 0 Å². The number of rotatable bonds is 6. The molecule has 2 N–H and O–H groups in total. The number of carbonyl (C=O) groups excluding carboxylic acids is 1. The van der Waals surface area contributed by atoms with E-state index in [4.69, 9.17) is 0 Å². The molecular weight excluding hydrogens is 316 g/mol. The lowest BCUT2D eigenvalue weighted by atomic mass is 9.93. The van der Waals surface area contributed by atoms with Crippen molar-refractivity contribution >= 4 is 11.9 Å². The lowest BCUT2D eigenvalue weighted by Gasteiger charge is -2.19. The molecule has 0 bridgehead atoms. The van der Waals surface area contributed by atoms with Gasteiger partial charge in [-0.15, -0.1) is 0 Å². The van der Waals surface area contributed by atoms with E-state index in [1.807, 2.05) is 36.4 Å². The highest BCUT2D eigenvalue weighted by Crippen LogP contribution is 2.55. The number of aliphatic carboxylic acids is 1. The number of carboxylic acids is 1. The van der Waals surface area contributed by atoms with Crippen LogP contribution in [0.3, 0.4) is 0 Å². The molecule has 1 heterocycles. The quantitative estimate of drug-likeness (QED) is 0.850. The second kappa shape index (κ2) is 5.99. The second-order valence-corrected chi connectivity index (χ2v) is 6.98. The Labute approximate surface area is 146 Å². The maximum absolute atomic E-state index is 12.8. The summed E-state index contributed by atoms with van der Waals surface area (Å²) >= 11 is 0. The van der Waals surface area contributed by atoms with Crippen LogP contribution in [0.2, 0.25) is 0 Å². The lowest BCUT2D eigenvalue weighted by molar-refractivity contribution is -0.142. The molecule has 0 aliphatic heterocycles. The summed E-state index contributed by atoms with van der Waals surface area (Å²) in [6.07, 6.45) is 4.20. The monoisotopic (exact) mass is 336 g/mol. The van der Waals surface area contributed by atoms with Gasteiger partial charge in [-0.2, -0.15) is 0 Å². The predicted octanol–water partition coefficient (Wildman–Crippen LogP) is 2.69. The molecule has 2 aliphatic carbocycles. The third kappa shape index (κ3) is 2.80. The van der Waals surface area contributed by atoms with Crippen LogP contribution in [0.15, 0.2) is 54.7 Å². The Morgan fingerprint density at radius 1 is 1.12 bits per heavy atom. The van der Waals surface area contributed by atoms with Gasteiger partial charge in [0.15, 0.2) is 0 Å². The summed E-state index contributed by atoms with van der Waals surface area (Å²) in [6.45, 7) is 0. The van der Waals surface area contributed by atoms with Gasteiger partial charge in [-0.05, 0) is 42.9 Å². The number of nitrogens with one attached hydrogen (secondary N) is 1. The van der Waals surface area contributed by atoms with E-state index in [2.05, 4.69) is 10.3 Å². The number of carbonyl (C=O) groups is 2. The molecule has 1 unspecified atom stereocenters. The fraction of sp³-hybridized carbons (Fsp3) is 0.350. The minimum absolute atomic E-state index is 0.128. The van der Waals surface area contributed by atoms with Gasteiger partial charge in [-0.3, -0.25) is 14.6 Å². The van der Waals surface area contributed by atoms with Crippen molar-refractivity contribution in [1.29, 1.82) is 0 Å². The van der Waals surface area contributed by atoms with Gasteiger partial charge in [0.05, 0.1) is 17.7 Å². The van der Waals surface area contributed by atoms with E-state index in [1.165, 1.54) is 0 Å². The van der Waals surface area contributed by atoms with Crippen LogP contribution in [0.4, 0.5) is 0 Å². The van der Waals surface area contributed by atoms with Gasteiger partial charge in [0.1, 0.15) is 5.41 Å². The molecule has 1 amide bonds. The zero-order chi connectivity index (χ0) is 17.4. The van der Waals surface area contributed by atoms with Crippen LogP contribution in [-0.2, 0) is 15.0 Å². The fourth-order valence-electron chi connectivity index (χ4n) is 3.67. The highest BCUT2D eigenvalue weighted by Gasteiger charge is 2.65. The third-order valence-corrected chi connectivity index (χ3v) is 5.35. The minimum Gasteiger partial charge on any atom is -0.481 e. The van der Waals surface area contributed by atoms with Crippen molar-refractivity contribution in [2.24, 2.45) is 11.8 Å². The smallest absolute Gasteiger partial charge is 0.314 e. The van der Waals surface area contributed by atoms with E-state index in [1.54, 1.807) is 18.3 Å². The molecule has 128 valence electrons. The Balaban J connectivity index is 1.54. The molecule has 1 aromatic carbocycles. The Kier molecular flexibility index (Phi) is 3.79. The number of aromatic nitrogens is 1. The third-order valence-electron chi connectivity index (χ3n) is 5.35. The van der Waals surface area contributed by atoms with Crippen LogP contribution < -0.4 is 5.32 Å². The van der Waals surface area contributed by atoms with Crippen LogP contribution >= 0.6 is 0 Å². The first kappa shape index (κ1) is 15.8. The molecule has 0 saturated heterocycles. The Morgan fingerprint density at radius 2 is 1.84 bits per heavy atom. The standard InChI is InChI=1S/C20H20N2O3/c23-18(22-17(13-9-10-13)16-8-4-5-11-21-16)15-12-20(15,19(24)25)14-6-2-1-3-7-14/h1-8,11,13,15,17H,9-10,12H2,(H,22,23)(H,24,25)/t15-,17?,20+/m1/s1. The lowest BCUT2D eigenvalue weighted by Crippen LogP contribution is -2.35. The van der Waals surface area contributed by atoms with Crippen molar-refractivity contribution in [2.75, 3.05) is 0 Å². The molecule has 1 aromatic heterocycles. The molecule has 2 saturated carbocycles. The predicted molar refractivity (Wildman–Crippen MR) is 91.7 cm³/mol. The van der Waals surface area contributed by atoms with Crippen molar-refractivity contribution in [1.82, 2.24) is 10.3 Å². The van der Waals surface area contributed by atoms with E-state index in [-0.39, 0.29) is 11.9 Å². The first-order valence-electron chi connectivity index (χ1n) is 8.63. The number of hydrogen-bond donors (Lipinski definition) is 2. The summed E-state index contributed by atoms with van der Waals surface area (Å²) < 4.78 is 0. The zero-order valence-corrected chi connectivity index (χ0v) is 13.8. The Bertz CT molecular complexity index is 789. The first-order chi connectivity index (χ1) is 12.1. The molecule has 0 spiro atoms. The Hall–Kier alpha value is -2.69. The summed E-state index contributed by atoms with van der Waals surface area (Å²) in [5.74, 6) is -1.25. The number of hydrogen-bond acceptors (Lipinski definition) is 3. The minimum atomic E-state index is -1.09. The maximum atomic E-state index is 12.8. The van der Waals surface area contributed by atoms with Crippen molar-refractivity contribution < 1.29 is 14.7 Å². The van der Waals surface area contributed by atoms with Gasteiger partial charge in [-0.25, -0.2) is 0 Å². The van der Waals surface area contributed by atoms with Gasteiger partial charge in [0, 0.05) is 6.20 Å². The van der Waals surface area contributed by atoms with Gasteiger partial charge in [0.2, 0.25) is 5.91 Å². The first-order valence-corrected chi connectivity index (χ1v) is 8.63. The van der Waals surface area contributed by atoms with Gasteiger partial charge >= 0.3 is 5.97 Å². The van der Waals surface area contributed by atoms with Crippen molar-refractivity contribution in [3.8, 4) is 0 Å². The number of nitrogens with zero attached hydrogens (tertiary/aromatic N) is 1. The van der Waals surface area contributed by atoms with Crippen molar-refractivity contribution in [2.45, 2.75) is 30.7 Å². The van der Waals surface area contributed by atoms with E-state index in [0.29, 0.717) is 17.9 Å². The van der Waals surface area contributed by atoms with E-state index in [9.17, 15) is 14.7 Å². The molecule has 2 aromatic rings. The molecule has 4 rings (SSSR count). The van der Waals surface area contributed by atoms with Crippen LogP contribution in [0, 0.1) is 11.8 Å². The molecule has 25 heavy (non-hydrogen) atoms. The van der Waals surface area contributed by atoms with Gasteiger partial charge in [0.25, 0.3) is 0 Å². The molecule has 2 fully saturated rings. The van der Waals surface area contributed by atoms with Crippen LogP contribution in [-0.4, -0.2) is 22.0 Å². The van der Waals surface area contributed by atoms with Crippen LogP contribution in [0.1, 0.15) is 36.6 Å². The summed E-state index contributed by atoms with van der Waals surface area (Å²) in [5.41, 5.74) is 0.451. The molecule has 3 atom stereocenters. The van der Waals surface area contributed by atoms with E-state index < -0.39 is 17.3 Å². The molecular formula is C20H20N2O3. The normalized spacial score (nSPS) is 25.8. The average Bonchev–Trinajstić information content (AvgIpc) is 3.54. The summed E-state index contributed by atoms with van der Waals surface area (Å²) in [7, 11) is 0. The highest BCUT2D eigenvalue weighted by atomic mass is 16.4. The topological polar surface area (TPSA) is 79.3 Å². The van der Waals surface area contributed by atoms with Crippen molar-refractivity contribution in [3.05, 3.63) is 66.0 Å². The maximum Gasteiger partial charge on any atom is 0.314 e. The average molecular weight is 336 g/mol. The Morgan fingerprint density at radius 3 is 2.44 bits per heavy atom. The van der Waals surface area contributed by atoms with Gasteiger partial charge < -0.3 is 10.4 Å². The molecule has 5 heteroatoms. The van der Waals surface area contributed by atoms with E-state index in [0.717, 1.165) is 18.5 Å². The summed E-state index contributed by atoms with van der Waals surface area (Å²) in [4.78, 5) is 29.1. The second-order valence-electron chi connectivity index (χ2n) is 6.98. The van der Waals surface area contributed by atoms with Crippen LogP contribution in [0.5, 0.6) is 0 Å². The summed E-state index contributed by atoms with van der Waals surface area (Å²) in [6, 6.07) is 14.6. The number of carboxylic acid groups (broad SMARTS) is 1. The fourth-order valence-corrected chi connectivity index (χ4v) is 3.67. The SMILES string of the molecule is O=C(NC(c1ccccn1)C1CC1)[C@H]1C[C@]1(C(=O)O)c1ccccc1. The van der Waals surface area contributed by atoms with Gasteiger partial charge in [-0.1, -0.05) is 36.4 Å². The van der Waals surface area contributed by atoms with Crippen molar-refractivity contribution in [3.63, 3.8) is 0 Å². The molecule has 2 aliphatic rings. The summed E-state index contributed by atoms with van der Waals surface area (Å²) in [5, 5.41) is 12.8. The van der Waals surface area contributed by atoms with Crippen LogP contribution in [0.25, 0.3) is 0 Å².